The lowest BCUT2D eigenvalue weighted by molar-refractivity contribution is 0.577. The van der Waals surface area contributed by atoms with E-state index in [0.717, 1.165) is 11.1 Å². The largest absolute Gasteiger partial charge is 0.320 e. The number of halogens is 1. The third-order valence-electron chi connectivity index (χ3n) is 3.64. The fourth-order valence-electron chi connectivity index (χ4n) is 2.49. The van der Waals surface area contributed by atoms with E-state index in [9.17, 15) is 4.39 Å². The molecule has 1 nitrogen and oxygen atoms in total. The van der Waals surface area contributed by atoms with Crippen molar-refractivity contribution in [2.75, 3.05) is 0 Å². The van der Waals surface area contributed by atoms with E-state index in [1.54, 1.807) is 13.0 Å². The summed E-state index contributed by atoms with van der Waals surface area (Å²) in [5.41, 5.74) is 10.4. The fraction of sp³-hybridized carbons (Fsp3) is 0.333. The Morgan fingerprint density at radius 3 is 2.30 bits per heavy atom. The van der Waals surface area contributed by atoms with Crippen LogP contribution in [-0.2, 0) is 5.41 Å². The first-order valence-corrected chi connectivity index (χ1v) is 6.92. The van der Waals surface area contributed by atoms with Gasteiger partial charge in [-0.3, -0.25) is 0 Å². The predicted octanol–water partition coefficient (Wildman–Crippen LogP) is 4.48. The van der Waals surface area contributed by atoms with Crippen molar-refractivity contribution >= 4 is 0 Å². The minimum Gasteiger partial charge on any atom is -0.320 e. The number of benzene rings is 2. The molecule has 0 aliphatic rings. The molecule has 0 saturated heterocycles. The van der Waals surface area contributed by atoms with Crippen LogP contribution in [0.5, 0.6) is 0 Å². The molecule has 2 N–H and O–H groups in total. The van der Waals surface area contributed by atoms with E-state index >= 15 is 0 Å². The molecule has 1 atom stereocenters. The van der Waals surface area contributed by atoms with Gasteiger partial charge in [0.15, 0.2) is 0 Å². The van der Waals surface area contributed by atoms with Crippen LogP contribution in [0, 0.1) is 12.7 Å². The van der Waals surface area contributed by atoms with Gasteiger partial charge in [-0.25, -0.2) is 4.39 Å². The maximum Gasteiger partial charge on any atom is 0.126 e. The van der Waals surface area contributed by atoms with Crippen LogP contribution in [0.2, 0.25) is 0 Å². The number of nitrogens with two attached hydrogens (primary N) is 1. The number of hydrogen-bond acceptors (Lipinski definition) is 1. The van der Waals surface area contributed by atoms with Crippen molar-refractivity contribution in [1.82, 2.24) is 0 Å². The van der Waals surface area contributed by atoms with E-state index in [1.165, 1.54) is 11.6 Å². The molecule has 0 radical (unpaired) electrons. The second-order valence-electron chi connectivity index (χ2n) is 6.32. The second-order valence-corrected chi connectivity index (χ2v) is 6.32. The van der Waals surface area contributed by atoms with Gasteiger partial charge in [-0.2, -0.15) is 0 Å². The Labute approximate surface area is 120 Å². The van der Waals surface area contributed by atoms with Crippen molar-refractivity contribution in [3.63, 3.8) is 0 Å². The second kappa shape index (κ2) is 5.37. The molecule has 0 amide bonds. The fourth-order valence-corrected chi connectivity index (χ4v) is 2.49. The molecular formula is C18H22FN. The van der Waals surface area contributed by atoms with Gasteiger partial charge < -0.3 is 5.73 Å². The molecule has 2 aromatic rings. The SMILES string of the molecule is Cc1cc(C(N)c2ccccc2C(C)(C)C)ccc1F. The van der Waals surface area contributed by atoms with Crippen molar-refractivity contribution in [3.05, 3.63) is 70.5 Å². The molecule has 0 bridgehead atoms. The van der Waals surface area contributed by atoms with E-state index in [1.807, 2.05) is 18.2 Å². The highest BCUT2D eigenvalue weighted by atomic mass is 19.1. The molecule has 0 aromatic heterocycles. The third-order valence-corrected chi connectivity index (χ3v) is 3.64. The first kappa shape index (κ1) is 14.7. The minimum atomic E-state index is -0.232. The van der Waals surface area contributed by atoms with Crippen LogP contribution in [0.25, 0.3) is 0 Å². The van der Waals surface area contributed by atoms with Crippen LogP contribution in [0.3, 0.4) is 0 Å². The van der Waals surface area contributed by atoms with Gasteiger partial charge in [-0.15, -0.1) is 0 Å². The summed E-state index contributed by atoms with van der Waals surface area (Å²) in [4.78, 5) is 0. The van der Waals surface area contributed by atoms with Crippen molar-refractivity contribution in [2.45, 2.75) is 39.2 Å². The average Bonchev–Trinajstić information content (AvgIpc) is 2.40. The summed E-state index contributed by atoms with van der Waals surface area (Å²) in [7, 11) is 0. The van der Waals surface area contributed by atoms with Gasteiger partial charge >= 0.3 is 0 Å². The Balaban J connectivity index is 2.48. The van der Waals surface area contributed by atoms with Gasteiger partial charge in [-0.05, 0) is 40.7 Å². The lowest BCUT2D eigenvalue weighted by Crippen LogP contribution is -2.20. The van der Waals surface area contributed by atoms with Gasteiger partial charge in [0.1, 0.15) is 5.82 Å². The Bertz CT molecular complexity index is 611. The van der Waals surface area contributed by atoms with E-state index in [2.05, 4.69) is 32.9 Å². The highest BCUT2D eigenvalue weighted by molar-refractivity contribution is 5.41. The molecule has 0 fully saturated rings. The maximum atomic E-state index is 13.4. The van der Waals surface area contributed by atoms with Crippen LogP contribution >= 0.6 is 0 Å². The molecule has 0 heterocycles. The van der Waals surface area contributed by atoms with Crippen LogP contribution in [0.1, 0.15) is 49.1 Å². The van der Waals surface area contributed by atoms with E-state index in [0.29, 0.717) is 5.56 Å². The van der Waals surface area contributed by atoms with E-state index in [-0.39, 0.29) is 17.3 Å². The van der Waals surface area contributed by atoms with E-state index in [4.69, 9.17) is 5.73 Å². The summed E-state index contributed by atoms with van der Waals surface area (Å²) in [6.07, 6.45) is 0. The summed E-state index contributed by atoms with van der Waals surface area (Å²) in [6.45, 7) is 8.29. The molecule has 0 saturated carbocycles. The summed E-state index contributed by atoms with van der Waals surface area (Å²) in [5, 5.41) is 0. The Hall–Kier alpha value is -1.67. The molecule has 0 aliphatic carbocycles. The summed E-state index contributed by atoms with van der Waals surface area (Å²) in [5.74, 6) is -0.190. The van der Waals surface area contributed by atoms with E-state index < -0.39 is 0 Å². The normalized spacial score (nSPS) is 13.3. The molecule has 2 aromatic carbocycles. The standard InChI is InChI=1S/C18H22FN/c1-12-11-13(9-10-16(12)19)17(20)14-7-5-6-8-15(14)18(2,3)4/h5-11,17H,20H2,1-4H3. The first-order chi connectivity index (χ1) is 9.30. The van der Waals surface area contributed by atoms with Crippen LogP contribution < -0.4 is 5.73 Å². The zero-order chi connectivity index (χ0) is 14.9. The zero-order valence-electron chi connectivity index (χ0n) is 12.6. The lowest BCUT2D eigenvalue weighted by Gasteiger charge is -2.26. The Morgan fingerprint density at radius 2 is 1.70 bits per heavy atom. The maximum absolute atomic E-state index is 13.4. The number of hydrogen-bond donors (Lipinski definition) is 1. The molecule has 106 valence electrons. The van der Waals surface area contributed by atoms with Crippen molar-refractivity contribution in [1.29, 1.82) is 0 Å². The zero-order valence-corrected chi connectivity index (χ0v) is 12.6. The van der Waals surface area contributed by atoms with Crippen LogP contribution in [0.15, 0.2) is 42.5 Å². The van der Waals surface area contributed by atoms with Gasteiger partial charge in [-0.1, -0.05) is 57.2 Å². The first-order valence-electron chi connectivity index (χ1n) is 6.92. The van der Waals surface area contributed by atoms with Crippen molar-refractivity contribution in [3.8, 4) is 0 Å². The Morgan fingerprint density at radius 1 is 1.05 bits per heavy atom. The van der Waals surface area contributed by atoms with Gasteiger partial charge in [0, 0.05) is 0 Å². The third kappa shape index (κ3) is 2.91. The van der Waals surface area contributed by atoms with Crippen LogP contribution in [0.4, 0.5) is 4.39 Å². The minimum absolute atomic E-state index is 0.0310. The molecular weight excluding hydrogens is 249 g/mol. The highest BCUT2D eigenvalue weighted by Gasteiger charge is 2.21. The summed E-state index contributed by atoms with van der Waals surface area (Å²) >= 11 is 0. The van der Waals surface area contributed by atoms with Gasteiger partial charge in [0.2, 0.25) is 0 Å². The lowest BCUT2D eigenvalue weighted by atomic mass is 9.80. The molecule has 0 spiro atoms. The predicted molar refractivity (Wildman–Crippen MR) is 82.3 cm³/mol. The average molecular weight is 271 g/mol. The Kier molecular flexibility index (Phi) is 3.96. The monoisotopic (exact) mass is 271 g/mol. The highest BCUT2D eigenvalue weighted by Crippen LogP contribution is 2.31. The summed E-state index contributed by atoms with van der Waals surface area (Å²) < 4.78 is 13.4. The topological polar surface area (TPSA) is 26.0 Å². The quantitative estimate of drug-likeness (QED) is 0.856. The molecule has 2 rings (SSSR count). The number of aryl methyl sites for hydroxylation is 1. The van der Waals surface area contributed by atoms with Crippen LogP contribution in [-0.4, -0.2) is 0 Å². The molecule has 2 heteroatoms. The van der Waals surface area contributed by atoms with Crippen molar-refractivity contribution < 1.29 is 4.39 Å². The molecule has 20 heavy (non-hydrogen) atoms. The smallest absolute Gasteiger partial charge is 0.126 e. The van der Waals surface area contributed by atoms with Gasteiger partial charge in [0.05, 0.1) is 6.04 Å². The summed E-state index contributed by atoms with van der Waals surface area (Å²) in [6, 6.07) is 13.1. The molecule has 1 unspecified atom stereocenters. The van der Waals surface area contributed by atoms with Crippen molar-refractivity contribution in [2.24, 2.45) is 5.73 Å². The van der Waals surface area contributed by atoms with Gasteiger partial charge in [0.25, 0.3) is 0 Å². The number of rotatable bonds is 2. The molecule has 0 aliphatic heterocycles.